The summed E-state index contributed by atoms with van der Waals surface area (Å²) in [7, 11) is 0. The summed E-state index contributed by atoms with van der Waals surface area (Å²) in [5, 5.41) is 4.32. The van der Waals surface area contributed by atoms with E-state index in [1.807, 2.05) is 6.92 Å². The summed E-state index contributed by atoms with van der Waals surface area (Å²) in [6.45, 7) is 3.96. The summed E-state index contributed by atoms with van der Waals surface area (Å²) < 4.78 is 7.66. The molecular weight excluding hydrogens is 454 g/mol. The van der Waals surface area contributed by atoms with Gasteiger partial charge in [-0.15, -0.1) is 11.3 Å². The van der Waals surface area contributed by atoms with Crippen LogP contribution in [0, 0.1) is 5.92 Å². The first-order valence-electron chi connectivity index (χ1n) is 12.7. The molecule has 1 saturated heterocycles. The Morgan fingerprint density at radius 3 is 2.79 bits per heavy atom. The first kappa shape index (κ1) is 23.4. The molecule has 1 aliphatic heterocycles. The fourth-order valence-electron chi connectivity index (χ4n) is 5.45. The highest BCUT2D eigenvalue weighted by Crippen LogP contribution is 2.35. The van der Waals surface area contributed by atoms with Gasteiger partial charge in [-0.25, -0.2) is 4.98 Å². The van der Waals surface area contributed by atoms with Gasteiger partial charge in [0.25, 0.3) is 5.56 Å². The second-order valence-electron chi connectivity index (χ2n) is 9.85. The highest BCUT2D eigenvalue weighted by molar-refractivity contribution is 8.00. The minimum Gasteiger partial charge on any atom is -0.376 e. The van der Waals surface area contributed by atoms with Gasteiger partial charge in [-0.2, -0.15) is 0 Å². The van der Waals surface area contributed by atoms with Crippen LogP contribution in [0.3, 0.4) is 0 Å². The van der Waals surface area contributed by atoms with Crippen LogP contribution in [0.25, 0.3) is 10.2 Å². The fraction of sp³-hybridized carbons (Fsp3) is 0.720. The number of aryl methyl sites for hydroxylation is 2. The SMILES string of the molecule is CC(Sc1nc2sc3c(c2c(=O)n1CC1CCCO1)CCCC3)C(=O)NCC1CCCCC1. The van der Waals surface area contributed by atoms with Crippen LogP contribution >= 0.6 is 23.1 Å². The first-order chi connectivity index (χ1) is 16.1. The van der Waals surface area contributed by atoms with E-state index in [1.165, 1.54) is 60.7 Å². The maximum atomic E-state index is 13.7. The van der Waals surface area contributed by atoms with Gasteiger partial charge in [0.15, 0.2) is 5.16 Å². The standard InChI is InChI=1S/C25H35N3O3S2/c1-16(22(29)26-14-17-8-3-2-4-9-17)32-25-27-23-21(19-11-5-6-12-20(19)33-23)24(30)28(25)15-18-10-7-13-31-18/h16-18H,2-15H2,1H3,(H,26,29). The van der Waals surface area contributed by atoms with Gasteiger partial charge in [-0.05, 0) is 69.8 Å². The highest BCUT2D eigenvalue weighted by Gasteiger charge is 2.27. The molecule has 8 heteroatoms. The summed E-state index contributed by atoms with van der Waals surface area (Å²) >= 11 is 3.09. The van der Waals surface area contributed by atoms with Gasteiger partial charge in [-0.3, -0.25) is 14.2 Å². The number of rotatable bonds is 7. The zero-order valence-corrected chi connectivity index (χ0v) is 21.2. The first-order valence-corrected chi connectivity index (χ1v) is 14.4. The van der Waals surface area contributed by atoms with Crippen molar-refractivity contribution in [3.05, 3.63) is 20.8 Å². The van der Waals surface area contributed by atoms with Crippen LogP contribution in [0.2, 0.25) is 0 Å². The van der Waals surface area contributed by atoms with E-state index in [0.29, 0.717) is 17.6 Å². The molecule has 180 valence electrons. The van der Waals surface area contributed by atoms with Gasteiger partial charge in [0, 0.05) is 18.0 Å². The van der Waals surface area contributed by atoms with Crippen molar-refractivity contribution in [3.8, 4) is 0 Å². The van der Waals surface area contributed by atoms with Crippen molar-refractivity contribution in [2.24, 2.45) is 5.92 Å². The van der Waals surface area contributed by atoms with Crippen LogP contribution in [0.15, 0.2) is 9.95 Å². The molecule has 1 saturated carbocycles. The number of nitrogens with one attached hydrogen (secondary N) is 1. The molecule has 5 rings (SSSR count). The van der Waals surface area contributed by atoms with Crippen molar-refractivity contribution >= 4 is 39.2 Å². The third-order valence-electron chi connectivity index (χ3n) is 7.39. The van der Waals surface area contributed by atoms with Crippen LogP contribution in [0.1, 0.15) is 75.2 Å². The molecule has 2 unspecified atom stereocenters. The number of amides is 1. The normalized spacial score (nSPS) is 22.4. The number of thiophene rings is 1. The summed E-state index contributed by atoms with van der Waals surface area (Å²) in [4.78, 5) is 33.7. The lowest BCUT2D eigenvalue weighted by Crippen LogP contribution is -2.36. The molecule has 0 aromatic carbocycles. The average molecular weight is 490 g/mol. The smallest absolute Gasteiger partial charge is 0.263 e. The number of carbonyl (C=O) groups excluding carboxylic acids is 1. The summed E-state index contributed by atoms with van der Waals surface area (Å²) in [5.74, 6) is 0.638. The van der Waals surface area contributed by atoms with Crippen LogP contribution in [-0.2, 0) is 28.9 Å². The van der Waals surface area contributed by atoms with Gasteiger partial charge >= 0.3 is 0 Å². The molecule has 2 atom stereocenters. The topological polar surface area (TPSA) is 73.2 Å². The van der Waals surface area contributed by atoms with E-state index in [4.69, 9.17) is 9.72 Å². The second-order valence-corrected chi connectivity index (χ2v) is 12.2. The fourth-order valence-corrected chi connectivity index (χ4v) is 7.70. The van der Waals surface area contributed by atoms with Crippen molar-refractivity contribution in [1.82, 2.24) is 14.9 Å². The molecule has 1 amide bonds. The quantitative estimate of drug-likeness (QED) is 0.451. The van der Waals surface area contributed by atoms with Crippen molar-refractivity contribution in [1.29, 1.82) is 0 Å². The van der Waals surface area contributed by atoms with Crippen molar-refractivity contribution in [2.75, 3.05) is 13.2 Å². The number of aromatic nitrogens is 2. The van der Waals surface area contributed by atoms with Crippen molar-refractivity contribution in [3.63, 3.8) is 0 Å². The highest BCUT2D eigenvalue weighted by atomic mass is 32.2. The molecule has 3 heterocycles. The summed E-state index contributed by atoms with van der Waals surface area (Å²) in [6.07, 6.45) is 12.7. The molecule has 1 N–H and O–H groups in total. The molecule has 3 aliphatic rings. The Kier molecular flexibility index (Phi) is 7.42. The summed E-state index contributed by atoms with van der Waals surface area (Å²) in [5.41, 5.74) is 1.27. The maximum Gasteiger partial charge on any atom is 0.263 e. The van der Waals surface area contributed by atoms with Crippen molar-refractivity contribution < 1.29 is 9.53 Å². The van der Waals surface area contributed by atoms with E-state index in [2.05, 4.69) is 5.32 Å². The summed E-state index contributed by atoms with van der Waals surface area (Å²) in [6, 6.07) is 0. The number of fused-ring (bicyclic) bond motifs is 3. The van der Waals surface area contributed by atoms with E-state index in [9.17, 15) is 9.59 Å². The number of hydrogen-bond donors (Lipinski definition) is 1. The van der Waals surface area contributed by atoms with Crippen LogP contribution in [0.5, 0.6) is 0 Å². The Labute approximate surface area is 203 Å². The molecule has 2 fully saturated rings. The van der Waals surface area contributed by atoms with Crippen LogP contribution in [-0.4, -0.2) is 40.0 Å². The van der Waals surface area contributed by atoms with Gasteiger partial charge in [-0.1, -0.05) is 31.0 Å². The van der Waals surface area contributed by atoms with Crippen LogP contribution < -0.4 is 10.9 Å². The second kappa shape index (κ2) is 10.5. The predicted octanol–water partition coefficient (Wildman–Crippen LogP) is 4.69. The zero-order chi connectivity index (χ0) is 22.8. The third kappa shape index (κ3) is 5.17. The predicted molar refractivity (Wildman–Crippen MR) is 134 cm³/mol. The lowest BCUT2D eigenvalue weighted by Gasteiger charge is -2.23. The number of hydrogen-bond acceptors (Lipinski definition) is 6. The Morgan fingerprint density at radius 1 is 1.18 bits per heavy atom. The van der Waals surface area contributed by atoms with E-state index >= 15 is 0 Å². The van der Waals surface area contributed by atoms with Gasteiger partial charge in [0.2, 0.25) is 5.91 Å². The Hall–Kier alpha value is -1.38. The zero-order valence-electron chi connectivity index (χ0n) is 19.6. The van der Waals surface area contributed by atoms with Crippen molar-refractivity contribution in [2.45, 2.75) is 101 Å². The molecule has 6 nitrogen and oxygen atoms in total. The monoisotopic (exact) mass is 489 g/mol. The number of nitrogens with zero attached hydrogens (tertiary/aromatic N) is 2. The van der Waals surface area contributed by atoms with Crippen LogP contribution in [0.4, 0.5) is 0 Å². The lowest BCUT2D eigenvalue weighted by molar-refractivity contribution is -0.120. The Morgan fingerprint density at radius 2 is 2.00 bits per heavy atom. The van der Waals surface area contributed by atoms with E-state index in [1.54, 1.807) is 15.9 Å². The molecule has 2 aliphatic carbocycles. The third-order valence-corrected chi connectivity index (χ3v) is 9.67. The molecule has 2 aromatic rings. The number of carbonyl (C=O) groups is 1. The van der Waals surface area contributed by atoms with E-state index < -0.39 is 0 Å². The van der Waals surface area contributed by atoms with Gasteiger partial charge in [0.1, 0.15) is 4.83 Å². The molecule has 0 spiro atoms. The number of thioether (sulfide) groups is 1. The molecule has 0 bridgehead atoms. The average Bonchev–Trinajstić information content (AvgIpc) is 3.48. The molecule has 2 aromatic heterocycles. The Balaban J connectivity index is 1.39. The largest absolute Gasteiger partial charge is 0.376 e. The van der Waals surface area contributed by atoms with Gasteiger partial charge < -0.3 is 10.1 Å². The minimum absolute atomic E-state index is 0.0362. The molecular formula is C25H35N3O3S2. The molecule has 0 radical (unpaired) electrons. The minimum atomic E-state index is -0.303. The lowest BCUT2D eigenvalue weighted by atomic mass is 9.89. The maximum absolute atomic E-state index is 13.7. The number of ether oxygens (including phenoxy) is 1. The van der Waals surface area contributed by atoms with Gasteiger partial charge in [0.05, 0.1) is 23.3 Å². The van der Waals surface area contributed by atoms with E-state index in [-0.39, 0.29) is 22.8 Å². The molecule has 33 heavy (non-hydrogen) atoms. The van der Waals surface area contributed by atoms with E-state index in [0.717, 1.165) is 55.5 Å². The Bertz CT molecular complexity index is 1050.